The molecule has 0 aromatic carbocycles. The Bertz CT molecular complexity index is 225. The molecule has 11 heavy (non-hydrogen) atoms. The highest BCUT2D eigenvalue weighted by atomic mass is 16.5. The van der Waals surface area contributed by atoms with Crippen LogP contribution in [0.5, 0.6) is 5.75 Å². The molecule has 0 aliphatic heterocycles. The Balaban J connectivity index is 2.62. The lowest BCUT2D eigenvalue weighted by Gasteiger charge is -2.05. The van der Waals surface area contributed by atoms with Crippen molar-refractivity contribution in [2.45, 2.75) is 13.3 Å². The molecule has 3 heteroatoms. The Morgan fingerprint density at radius 2 is 2.45 bits per heavy atom. The van der Waals surface area contributed by atoms with Crippen molar-refractivity contribution in [3.05, 3.63) is 18.5 Å². The normalized spacial score (nSPS) is 9.55. The number of hydrogen-bond donors (Lipinski definition) is 1. The van der Waals surface area contributed by atoms with Gasteiger partial charge in [-0.05, 0) is 6.42 Å². The summed E-state index contributed by atoms with van der Waals surface area (Å²) in [4.78, 5) is 3.85. The second kappa shape index (κ2) is 3.81. The summed E-state index contributed by atoms with van der Waals surface area (Å²) >= 11 is 0. The lowest BCUT2D eigenvalue weighted by Crippen LogP contribution is -1.98. The maximum absolute atomic E-state index is 5.57. The maximum Gasteiger partial charge on any atom is 0.145 e. The molecule has 0 amide bonds. The summed E-state index contributed by atoms with van der Waals surface area (Å²) < 4.78 is 5.32. The molecule has 0 radical (unpaired) electrons. The second-order valence-corrected chi connectivity index (χ2v) is 2.26. The van der Waals surface area contributed by atoms with E-state index in [1.54, 1.807) is 18.5 Å². The van der Waals surface area contributed by atoms with E-state index in [1.807, 2.05) is 0 Å². The van der Waals surface area contributed by atoms with Gasteiger partial charge in [0.15, 0.2) is 0 Å². The van der Waals surface area contributed by atoms with E-state index in [2.05, 4.69) is 11.9 Å². The molecule has 0 atom stereocenters. The number of nitrogen functional groups attached to an aromatic ring is 1. The highest BCUT2D eigenvalue weighted by Gasteiger charge is 1.96. The van der Waals surface area contributed by atoms with E-state index in [1.165, 1.54) is 0 Å². The van der Waals surface area contributed by atoms with Crippen LogP contribution in [0.4, 0.5) is 5.69 Å². The van der Waals surface area contributed by atoms with Crippen LogP contribution in [0.3, 0.4) is 0 Å². The highest BCUT2D eigenvalue weighted by molar-refractivity contribution is 5.49. The summed E-state index contributed by atoms with van der Waals surface area (Å²) in [7, 11) is 0. The lowest BCUT2D eigenvalue weighted by atomic mass is 10.4. The van der Waals surface area contributed by atoms with Gasteiger partial charge in [-0.1, -0.05) is 6.92 Å². The molecule has 0 fully saturated rings. The molecule has 0 aliphatic carbocycles. The molecule has 1 heterocycles. The van der Waals surface area contributed by atoms with Crippen LogP contribution in [-0.4, -0.2) is 11.6 Å². The van der Waals surface area contributed by atoms with E-state index in [0.29, 0.717) is 12.3 Å². The zero-order chi connectivity index (χ0) is 8.10. The summed E-state index contributed by atoms with van der Waals surface area (Å²) in [5, 5.41) is 0. The third-order valence-corrected chi connectivity index (χ3v) is 1.27. The van der Waals surface area contributed by atoms with Gasteiger partial charge in [0, 0.05) is 12.3 Å². The molecule has 0 bridgehead atoms. The average Bonchev–Trinajstić information content (AvgIpc) is 2.03. The van der Waals surface area contributed by atoms with Crippen LogP contribution in [0.2, 0.25) is 0 Å². The SMILES string of the molecule is CCCOc1ccncc1N. The predicted octanol–water partition coefficient (Wildman–Crippen LogP) is 1.45. The number of ether oxygens (including phenoxy) is 1. The fourth-order valence-electron chi connectivity index (χ4n) is 0.737. The summed E-state index contributed by atoms with van der Waals surface area (Å²) in [5.74, 6) is 0.724. The van der Waals surface area contributed by atoms with Gasteiger partial charge < -0.3 is 10.5 Å². The van der Waals surface area contributed by atoms with E-state index in [4.69, 9.17) is 10.5 Å². The maximum atomic E-state index is 5.57. The Morgan fingerprint density at radius 1 is 1.64 bits per heavy atom. The van der Waals surface area contributed by atoms with Gasteiger partial charge in [-0.25, -0.2) is 0 Å². The van der Waals surface area contributed by atoms with E-state index >= 15 is 0 Å². The van der Waals surface area contributed by atoms with Gasteiger partial charge in [-0.2, -0.15) is 0 Å². The molecule has 0 spiro atoms. The van der Waals surface area contributed by atoms with Gasteiger partial charge in [-0.15, -0.1) is 0 Å². The van der Waals surface area contributed by atoms with Crippen molar-refractivity contribution in [3.8, 4) is 5.75 Å². The van der Waals surface area contributed by atoms with Crippen molar-refractivity contribution >= 4 is 5.69 Å². The monoisotopic (exact) mass is 152 g/mol. The largest absolute Gasteiger partial charge is 0.491 e. The first-order valence-electron chi connectivity index (χ1n) is 3.67. The number of nitrogens with two attached hydrogens (primary N) is 1. The average molecular weight is 152 g/mol. The van der Waals surface area contributed by atoms with E-state index in [-0.39, 0.29) is 0 Å². The van der Waals surface area contributed by atoms with Crippen molar-refractivity contribution in [1.82, 2.24) is 4.98 Å². The molecule has 1 rings (SSSR count). The van der Waals surface area contributed by atoms with Gasteiger partial charge in [-0.3, -0.25) is 4.98 Å². The number of hydrogen-bond acceptors (Lipinski definition) is 3. The third-order valence-electron chi connectivity index (χ3n) is 1.27. The number of aromatic nitrogens is 1. The first-order valence-corrected chi connectivity index (χ1v) is 3.67. The van der Waals surface area contributed by atoms with Gasteiger partial charge >= 0.3 is 0 Å². The molecule has 1 aromatic rings. The zero-order valence-corrected chi connectivity index (χ0v) is 6.58. The number of nitrogens with zero attached hydrogens (tertiary/aromatic N) is 1. The molecule has 2 N–H and O–H groups in total. The fraction of sp³-hybridized carbons (Fsp3) is 0.375. The number of rotatable bonds is 3. The third kappa shape index (κ3) is 2.11. The zero-order valence-electron chi connectivity index (χ0n) is 6.58. The molecule has 0 unspecified atom stereocenters. The van der Waals surface area contributed by atoms with Crippen LogP contribution < -0.4 is 10.5 Å². The van der Waals surface area contributed by atoms with Gasteiger partial charge in [0.2, 0.25) is 0 Å². The Kier molecular flexibility index (Phi) is 2.72. The smallest absolute Gasteiger partial charge is 0.145 e. The molecule has 0 saturated heterocycles. The summed E-state index contributed by atoms with van der Waals surface area (Å²) in [6, 6.07) is 1.77. The predicted molar refractivity (Wildman–Crippen MR) is 44.4 cm³/mol. The Morgan fingerprint density at radius 3 is 3.09 bits per heavy atom. The Labute approximate surface area is 66.2 Å². The molecular weight excluding hydrogens is 140 g/mol. The van der Waals surface area contributed by atoms with Crippen LogP contribution >= 0.6 is 0 Å². The molecule has 0 saturated carbocycles. The highest BCUT2D eigenvalue weighted by Crippen LogP contribution is 2.17. The van der Waals surface area contributed by atoms with Crippen molar-refractivity contribution in [1.29, 1.82) is 0 Å². The first kappa shape index (κ1) is 7.85. The van der Waals surface area contributed by atoms with Crippen LogP contribution in [0.25, 0.3) is 0 Å². The van der Waals surface area contributed by atoms with Crippen LogP contribution in [-0.2, 0) is 0 Å². The molecule has 0 aliphatic rings. The van der Waals surface area contributed by atoms with Crippen molar-refractivity contribution in [2.24, 2.45) is 0 Å². The lowest BCUT2D eigenvalue weighted by molar-refractivity contribution is 0.319. The van der Waals surface area contributed by atoms with Crippen molar-refractivity contribution < 1.29 is 4.74 Å². The second-order valence-electron chi connectivity index (χ2n) is 2.26. The van der Waals surface area contributed by atoms with Crippen LogP contribution in [0.1, 0.15) is 13.3 Å². The minimum atomic E-state index is 0.598. The summed E-state index contributed by atoms with van der Waals surface area (Å²) in [5.41, 5.74) is 6.17. The minimum Gasteiger partial charge on any atom is -0.491 e. The van der Waals surface area contributed by atoms with Crippen LogP contribution in [0.15, 0.2) is 18.5 Å². The van der Waals surface area contributed by atoms with E-state index in [9.17, 15) is 0 Å². The molecule has 1 aromatic heterocycles. The molecule has 60 valence electrons. The standard InChI is InChI=1S/C8H12N2O/c1-2-5-11-8-3-4-10-6-7(8)9/h3-4,6H,2,5,9H2,1H3. The van der Waals surface area contributed by atoms with E-state index in [0.717, 1.165) is 12.2 Å². The van der Waals surface area contributed by atoms with Crippen molar-refractivity contribution in [3.63, 3.8) is 0 Å². The summed E-state index contributed by atoms with van der Waals surface area (Å²) in [6.45, 7) is 2.76. The number of anilines is 1. The fourth-order valence-corrected chi connectivity index (χ4v) is 0.737. The van der Waals surface area contributed by atoms with Crippen LogP contribution in [0, 0.1) is 0 Å². The van der Waals surface area contributed by atoms with E-state index < -0.39 is 0 Å². The topological polar surface area (TPSA) is 48.1 Å². The van der Waals surface area contributed by atoms with Gasteiger partial charge in [0.05, 0.1) is 18.5 Å². The first-order chi connectivity index (χ1) is 5.34. The summed E-state index contributed by atoms with van der Waals surface area (Å²) in [6.07, 6.45) is 4.24. The number of pyridine rings is 1. The molecular formula is C8H12N2O. The molecule has 3 nitrogen and oxygen atoms in total. The Hall–Kier alpha value is -1.25. The van der Waals surface area contributed by atoms with Gasteiger partial charge in [0.1, 0.15) is 5.75 Å². The van der Waals surface area contributed by atoms with Gasteiger partial charge in [0.25, 0.3) is 0 Å². The quantitative estimate of drug-likeness (QED) is 0.713. The minimum absolute atomic E-state index is 0.598. The van der Waals surface area contributed by atoms with Crippen molar-refractivity contribution in [2.75, 3.05) is 12.3 Å².